The Morgan fingerprint density at radius 3 is 2.38 bits per heavy atom. The normalized spacial score (nSPS) is 10.1. The molecule has 0 amide bonds. The molecule has 2 N–H and O–H groups in total. The van der Waals surface area contributed by atoms with Gasteiger partial charge in [-0.1, -0.05) is 23.2 Å². The third-order valence-electron chi connectivity index (χ3n) is 1.83. The zero-order valence-electron chi connectivity index (χ0n) is 8.15. The van der Waals surface area contributed by atoms with Crippen LogP contribution >= 0.6 is 23.2 Å². The average Bonchev–Trinajstić information content (AvgIpc) is 2.20. The van der Waals surface area contributed by atoms with Crippen molar-refractivity contribution in [2.45, 2.75) is 0 Å². The fourth-order valence-corrected chi connectivity index (χ4v) is 1.50. The molecular formula is C11H8Cl2N2O. The van der Waals surface area contributed by atoms with Gasteiger partial charge in [0.2, 0.25) is 5.88 Å². The molecule has 1 aromatic heterocycles. The Balaban J connectivity index is 2.23. The molecule has 0 radical (unpaired) electrons. The van der Waals surface area contributed by atoms with E-state index < -0.39 is 0 Å². The molecule has 0 aliphatic heterocycles. The van der Waals surface area contributed by atoms with Gasteiger partial charge in [-0.25, -0.2) is 4.98 Å². The van der Waals surface area contributed by atoms with Gasteiger partial charge in [0.05, 0.1) is 0 Å². The van der Waals surface area contributed by atoms with Crippen LogP contribution in [0.25, 0.3) is 0 Å². The minimum Gasteiger partial charge on any atom is -0.439 e. The van der Waals surface area contributed by atoms with E-state index in [1.807, 2.05) is 0 Å². The summed E-state index contributed by atoms with van der Waals surface area (Å²) in [6, 6.07) is 10.1. The summed E-state index contributed by atoms with van der Waals surface area (Å²) in [6.45, 7) is 0. The minimum atomic E-state index is 0.295. The summed E-state index contributed by atoms with van der Waals surface area (Å²) in [5, 5.41) is 0.940. The molecule has 0 unspecified atom stereocenters. The highest BCUT2D eigenvalue weighted by Gasteiger charge is 2.01. The van der Waals surface area contributed by atoms with Crippen LogP contribution in [0, 0.1) is 0 Å². The molecule has 0 fully saturated rings. The summed E-state index contributed by atoms with van der Waals surface area (Å²) in [6.07, 6.45) is 0. The van der Waals surface area contributed by atoms with Crippen LogP contribution in [0.15, 0.2) is 36.4 Å². The lowest BCUT2D eigenvalue weighted by atomic mass is 10.3. The van der Waals surface area contributed by atoms with Crippen molar-refractivity contribution in [2.24, 2.45) is 0 Å². The van der Waals surface area contributed by atoms with Crippen molar-refractivity contribution in [3.8, 4) is 11.6 Å². The molecule has 1 aromatic carbocycles. The number of benzene rings is 1. The molecule has 1 heterocycles. The Labute approximate surface area is 103 Å². The molecular weight excluding hydrogens is 247 g/mol. The van der Waals surface area contributed by atoms with E-state index in [4.69, 9.17) is 33.7 Å². The smallest absolute Gasteiger partial charge is 0.222 e. The Kier molecular flexibility index (Phi) is 3.17. The molecule has 0 atom stereocenters. The van der Waals surface area contributed by atoms with E-state index in [1.165, 1.54) is 0 Å². The van der Waals surface area contributed by atoms with Crippen molar-refractivity contribution < 1.29 is 4.74 Å². The van der Waals surface area contributed by atoms with Crippen molar-refractivity contribution >= 4 is 28.9 Å². The third kappa shape index (κ3) is 2.78. The molecule has 82 valence electrons. The van der Waals surface area contributed by atoms with Crippen LogP contribution in [0.3, 0.4) is 0 Å². The zero-order valence-corrected chi connectivity index (χ0v) is 9.66. The molecule has 0 saturated carbocycles. The van der Waals surface area contributed by atoms with Crippen LogP contribution in [0.5, 0.6) is 11.6 Å². The van der Waals surface area contributed by atoms with Crippen LogP contribution in [0.2, 0.25) is 10.2 Å². The molecule has 0 aliphatic rings. The molecule has 3 nitrogen and oxygen atoms in total. The van der Waals surface area contributed by atoms with E-state index >= 15 is 0 Å². The van der Waals surface area contributed by atoms with Gasteiger partial charge in [-0.05, 0) is 30.3 Å². The number of aromatic nitrogens is 1. The highest BCUT2D eigenvalue weighted by molar-refractivity contribution is 6.30. The standard InChI is InChI=1S/C11H8Cl2N2O/c12-7-1-3-9(4-2-7)16-11-6-8(14)5-10(13)15-11/h1-6H,(H2,14,15). The van der Waals surface area contributed by atoms with Crippen molar-refractivity contribution in [3.63, 3.8) is 0 Å². The van der Waals surface area contributed by atoms with Crippen LogP contribution < -0.4 is 10.5 Å². The average molecular weight is 255 g/mol. The second kappa shape index (κ2) is 4.60. The Morgan fingerprint density at radius 2 is 1.75 bits per heavy atom. The van der Waals surface area contributed by atoms with E-state index in [0.29, 0.717) is 27.5 Å². The third-order valence-corrected chi connectivity index (χ3v) is 2.27. The maximum Gasteiger partial charge on any atom is 0.222 e. The topological polar surface area (TPSA) is 48.1 Å². The van der Waals surface area contributed by atoms with Crippen LogP contribution in [0.4, 0.5) is 5.69 Å². The predicted octanol–water partition coefficient (Wildman–Crippen LogP) is 3.76. The predicted molar refractivity (Wildman–Crippen MR) is 65.2 cm³/mol. The minimum absolute atomic E-state index is 0.295. The molecule has 0 saturated heterocycles. The van der Waals surface area contributed by atoms with Gasteiger partial charge in [0, 0.05) is 16.8 Å². The van der Waals surface area contributed by atoms with Crippen molar-refractivity contribution in [1.82, 2.24) is 4.98 Å². The van der Waals surface area contributed by atoms with Crippen LogP contribution in [-0.2, 0) is 0 Å². The molecule has 5 heteroatoms. The van der Waals surface area contributed by atoms with Gasteiger partial charge in [0.25, 0.3) is 0 Å². The SMILES string of the molecule is Nc1cc(Cl)nc(Oc2ccc(Cl)cc2)c1. The van der Waals surface area contributed by atoms with E-state index in [0.717, 1.165) is 0 Å². The molecule has 2 aromatic rings. The van der Waals surface area contributed by atoms with E-state index in [9.17, 15) is 0 Å². The molecule has 0 aliphatic carbocycles. The summed E-state index contributed by atoms with van der Waals surface area (Å²) in [5.41, 5.74) is 6.12. The summed E-state index contributed by atoms with van der Waals surface area (Å²) in [7, 11) is 0. The van der Waals surface area contributed by atoms with Gasteiger partial charge < -0.3 is 10.5 Å². The van der Waals surface area contributed by atoms with Gasteiger partial charge >= 0.3 is 0 Å². The summed E-state index contributed by atoms with van der Waals surface area (Å²) in [5.74, 6) is 0.978. The van der Waals surface area contributed by atoms with Crippen LogP contribution in [-0.4, -0.2) is 4.98 Å². The first-order chi connectivity index (χ1) is 7.63. The number of ether oxygens (including phenoxy) is 1. The largest absolute Gasteiger partial charge is 0.439 e. The van der Waals surface area contributed by atoms with Crippen molar-refractivity contribution in [1.29, 1.82) is 0 Å². The van der Waals surface area contributed by atoms with Gasteiger partial charge in [-0.2, -0.15) is 0 Å². The first kappa shape index (κ1) is 11.0. The van der Waals surface area contributed by atoms with Crippen molar-refractivity contribution in [2.75, 3.05) is 5.73 Å². The van der Waals surface area contributed by atoms with Crippen molar-refractivity contribution in [3.05, 3.63) is 46.6 Å². The summed E-state index contributed by atoms with van der Waals surface area (Å²) in [4.78, 5) is 3.98. The number of nitrogen functional groups attached to an aromatic ring is 1. The summed E-state index contributed by atoms with van der Waals surface area (Å²) >= 11 is 11.5. The number of anilines is 1. The molecule has 0 spiro atoms. The number of nitrogens with two attached hydrogens (primary N) is 1. The van der Waals surface area contributed by atoms with Gasteiger partial charge in [-0.15, -0.1) is 0 Å². The van der Waals surface area contributed by atoms with E-state index in [2.05, 4.69) is 4.98 Å². The zero-order chi connectivity index (χ0) is 11.5. The Hall–Kier alpha value is -1.45. The van der Waals surface area contributed by atoms with Gasteiger partial charge in [0.15, 0.2) is 0 Å². The number of pyridine rings is 1. The lowest BCUT2D eigenvalue weighted by Gasteiger charge is -2.05. The molecule has 2 rings (SSSR count). The molecule has 16 heavy (non-hydrogen) atoms. The number of halogens is 2. The van der Waals surface area contributed by atoms with Crippen LogP contribution in [0.1, 0.15) is 0 Å². The first-order valence-electron chi connectivity index (χ1n) is 4.50. The fraction of sp³-hybridized carbons (Fsp3) is 0. The summed E-state index contributed by atoms with van der Waals surface area (Å²) < 4.78 is 5.46. The lowest BCUT2D eigenvalue weighted by molar-refractivity contribution is 0.463. The Bertz CT molecular complexity index is 480. The quantitative estimate of drug-likeness (QED) is 0.831. The maximum atomic E-state index is 5.75. The van der Waals surface area contributed by atoms with Gasteiger partial charge in [0.1, 0.15) is 10.9 Å². The Morgan fingerprint density at radius 1 is 1.06 bits per heavy atom. The lowest BCUT2D eigenvalue weighted by Crippen LogP contribution is -1.91. The van der Waals surface area contributed by atoms with E-state index in [-0.39, 0.29) is 0 Å². The maximum absolute atomic E-state index is 5.75. The van der Waals surface area contributed by atoms with Gasteiger partial charge in [-0.3, -0.25) is 0 Å². The number of hydrogen-bond acceptors (Lipinski definition) is 3. The number of rotatable bonds is 2. The monoisotopic (exact) mass is 254 g/mol. The number of nitrogens with zero attached hydrogens (tertiary/aromatic N) is 1. The fourth-order valence-electron chi connectivity index (χ4n) is 1.17. The number of hydrogen-bond donors (Lipinski definition) is 1. The first-order valence-corrected chi connectivity index (χ1v) is 5.25. The highest BCUT2D eigenvalue weighted by Crippen LogP contribution is 2.24. The second-order valence-electron chi connectivity index (χ2n) is 3.12. The molecule has 0 bridgehead atoms. The second-order valence-corrected chi connectivity index (χ2v) is 3.94. The van der Waals surface area contributed by atoms with E-state index in [1.54, 1.807) is 36.4 Å². The highest BCUT2D eigenvalue weighted by atomic mass is 35.5.